The standard InChI is InChI=1S/C17H15NO4S/c1-2-22-12-7-9-13(10-8-12)23(20,21)16-11-18-15-6-4-3-5-14(15)17(16)19/h3-11,16H,2H2,1H3. The Labute approximate surface area is 134 Å². The number of hydrogen-bond acceptors (Lipinski definition) is 5. The third-order valence-electron chi connectivity index (χ3n) is 3.57. The van der Waals surface area contributed by atoms with Gasteiger partial charge in [-0.1, -0.05) is 12.1 Å². The van der Waals surface area contributed by atoms with Crippen molar-refractivity contribution in [3.63, 3.8) is 0 Å². The van der Waals surface area contributed by atoms with Gasteiger partial charge in [0.25, 0.3) is 0 Å². The molecule has 3 rings (SSSR count). The minimum atomic E-state index is -3.84. The Morgan fingerprint density at radius 2 is 1.78 bits per heavy atom. The first kappa shape index (κ1) is 15.4. The highest BCUT2D eigenvalue weighted by Crippen LogP contribution is 2.28. The van der Waals surface area contributed by atoms with E-state index in [1.54, 1.807) is 36.4 Å². The highest BCUT2D eigenvalue weighted by atomic mass is 32.2. The molecule has 2 aromatic rings. The summed E-state index contributed by atoms with van der Waals surface area (Å²) in [6, 6.07) is 12.8. The summed E-state index contributed by atoms with van der Waals surface area (Å²) in [5.41, 5.74) is 0.824. The summed E-state index contributed by atoms with van der Waals surface area (Å²) >= 11 is 0. The number of para-hydroxylation sites is 1. The molecule has 0 radical (unpaired) electrons. The van der Waals surface area contributed by atoms with Crippen LogP contribution in [0, 0.1) is 0 Å². The van der Waals surface area contributed by atoms with Crippen LogP contribution in [0.25, 0.3) is 0 Å². The fourth-order valence-electron chi connectivity index (χ4n) is 2.42. The van der Waals surface area contributed by atoms with Crippen molar-refractivity contribution in [1.82, 2.24) is 0 Å². The fourth-order valence-corrected chi connectivity index (χ4v) is 3.86. The first-order chi connectivity index (χ1) is 11.0. The van der Waals surface area contributed by atoms with Crippen LogP contribution >= 0.6 is 0 Å². The lowest BCUT2D eigenvalue weighted by Gasteiger charge is -2.18. The Morgan fingerprint density at radius 1 is 1.09 bits per heavy atom. The van der Waals surface area contributed by atoms with E-state index >= 15 is 0 Å². The molecule has 0 saturated carbocycles. The lowest BCUT2D eigenvalue weighted by molar-refractivity contribution is 0.100. The van der Waals surface area contributed by atoms with Crippen LogP contribution in [0.4, 0.5) is 5.69 Å². The Balaban J connectivity index is 1.96. The Hall–Kier alpha value is -2.47. The molecule has 0 aromatic heterocycles. The van der Waals surface area contributed by atoms with E-state index < -0.39 is 20.9 Å². The fraction of sp³-hybridized carbons (Fsp3) is 0.176. The summed E-state index contributed by atoms with van der Waals surface area (Å²) in [5, 5.41) is -1.30. The molecule has 0 N–H and O–H groups in total. The van der Waals surface area contributed by atoms with Crippen molar-refractivity contribution < 1.29 is 17.9 Å². The van der Waals surface area contributed by atoms with Gasteiger partial charge in [-0.3, -0.25) is 9.79 Å². The summed E-state index contributed by atoms with van der Waals surface area (Å²) in [6.45, 7) is 2.34. The van der Waals surface area contributed by atoms with Gasteiger partial charge in [0.1, 0.15) is 5.75 Å². The number of nitrogens with zero attached hydrogens (tertiary/aromatic N) is 1. The predicted octanol–water partition coefficient (Wildman–Crippen LogP) is 2.83. The molecule has 1 unspecified atom stereocenters. The monoisotopic (exact) mass is 329 g/mol. The second-order valence-corrected chi connectivity index (χ2v) is 7.10. The number of carbonyl (C=O) groups is 1. The average Bonchev–Trinajstić information content (AvgIpc) is 2.56. The number of Topliss-reactive ketones (excluding diaryl/α,β-unsaturated/α-hetero) is 1. The Bertz CT molecular complexity index is 870. The smallest absolute Gasteiger partial charge is 0.193 e. The van der Waals surface area contributed by atoms with E-state index in [9.17, 15) is 13.2 Å². The minimum Gasteiger partial charge on any atom is -0.494 e. The zero-order valence-electron chi connectivity index (χ0n) is 12.5. The van der Waals surface area contributed by atoms with Crippen molar-refractivity contribution in [2.75, 3.05) is 6.61 Å². The van der Waals surface area contributed by atoms with Crippen molar-refractivity contribution in [3.05, 3.63) is 54.1 Å². The number of carbonyl (C=O) groups excluding carboxylic acids is 1. The highest BCUT2D eigenvalue weighted by molar-refractivity contribution is 7.93. The molecule has 1 heterocycles. The molecule has 0 aliphatic carbocycles. The molecule has 0 saturated heterocycles. The molecule has 6 heteroatoms. The van der Waals surface area contributed by atoms with Crippen LogP contribution in [0.2, 0.25) is 0 Å². The molecule has 0 spiro atoms. The lowest BCUT2D eigenvalue weighted by Crippen LogP contribution is -2.33. The number of aliphatic imine (C=N–C) groups is 1. The van der Waals surface area contributed by atoms with Crippen LogP contribution in [0.3, 0.4) is 0 Å². The minimum absolute atomic E-state index is 0.0742. The first-order valence-electron chi connectivity index (χ1n) is 7.18. The summed E-state index contributed by atoms with van der Waals surface area (Å²) in [7, 11) is -3.84. The molecule has 1 aliphatic heterocycles. The summed E-state index contributed by atoms with van der Waals surface area (Å²) in [4.78, 5) is 16.7. The molecule has 1 atom stereocenters. The van der Waals surface area contributed by atoms with Crippen molar-refractivity contribution in [2.45, 2.75) is 17.1 Å². The second-order valence-electron chi connectivity index (χ2n) is 5.03. The van der Waals surface area contributed by atoms with E-state index in [1.807, 2.05) is 6.92 Å². The van der Waals surface area contributed by atoms with Gasteiger partial charge in [0.05, 0.1) is 17.2 Å². The third-order valence-corrected chi connectivity index (χ3v) is 5.51. The Morgan fingerprint density at radius 3 is 2.48 bits per heavy atom. The summed E-state index contributed by atoms with van der Waals surface area (Å²) < 4.78 is 30.7. The van der Waals surface area contributed by atoms with Crippen molar-refractivity contribution in [1.29, 1.82) is 0 Å². The first-order valence-corrected chi connectivity index (χ1v) is 8.73. The molecule has 0 amide bonds. The third kappa shape index (κ3) is 2.77. The summed E-state index contributed by atoms with van der Waals surface area (Å²) in [6.07, 6.45) is 1.20. The van der Waals surface area contributed by atoms with Crippen LogP contribution in [0.15, 0.2) is 58.4 Å². The van der Waals surface area contributed by atoms with Crippen molar-refractivity contribution in [3.8, 4) is 5.75 Å². The van der Waals surface area contributed by atoms with Gasteiger partial charge in [-0.2, -0.15) is 0 Å². The molecular weight excluding hydrogens is 314 g/mol. The van der Waals surface area contributed by atoms with Crippen LogP contribution in [0.1, 0.15) is 17.3 Å². The maximum absolute atomic E-state index is 12.7. The maximum atomic E-state index is 12.7. The largest absolute Gasteiger partial charge is 0.494 e. The number of ketones is 1. The number of benzene rings is 2. The molecule has 2 aromatic carbocycles. The second kappa shape index (κ2) is 5.96. The van der Waals surface area contributed by atoms with E-state index in [-0.39, 0.29) is 4.90 Å². The molecule has 118 valence electrons. The van der Waals surface area contributed by atoms with E-state index in [0.29, 0.717) is 23.6 Å². The lowest BCUT2D eigenvalue weighted by atomic mass is 10.0. The molecule has 0 fully saturated rings. The van der Waals surface area contributed by atoms with Gasteiger partial charge in [-0.15, -0.1) is 0 Å². The van der Waals surface area contributed by atoms with Crippen molar-refractivity contribution >= 4 is 27.5 Å². The molecule has 5 nitrogen and oxygen atoms in total. The zero-order valence-corrected chi connectivity index (χ0v) is 13.3. The number of ether oxygens (including phenoxy) is 1. The average molecular weight is 329 g/mol. The van der Waals surface area contributed by atoms with Crippen LogP contribution in [-0.4, -0.2) is 32.3 Å². The number of rotatable bonds is 4. The number of fused-ring (bicyclic) bond motifs is 1. The van der Waals surface area contributed by atoms with E-state index in [0.717, 1.165) is 0 Å². The van der Waals surface area contributed by atoms with E-state index in [4.69, 9.17) is 4.74 Å². The molecular formula is C17H15NO4S. The number of hydrogen-bond donors (Lipinski definition) is 0. The van der Waals surface area contributed by atoms with Gasteiger partial charge in [0, 0.05) is 11.8 Å². The molecule has 1 aliphatic rings. The van der Waals surface area contributed by atoms with Crippen molar-refractivity contribution in [2.24, 2.45) is 4.99 Å². The van der Waals surface area contributed by atoms with Gasteiger partial charge in [0.2, 0.25) is 0 Å². The maximum Gasteiger partial charge on any atom is 0.193 e. The van der Waals surface area contributed by atoms with Gasteiger partial charge in [-0.25, -0.2) is 8.42 Å². The topological polar surface area (TPSA) is 72.8 Å². The van der Waals surface area contributed by atoms with E-state index in [2.05, 4.69) is 4.99 Å². The van der Waals surface area contributed by atoms with Gasteiger partial charge in [-0.05, 0) is 43.3 Å². The normalized spacial score (nSPS) is 16.9. The van der Waals surface area contributed by atoms with Crippen LogP contribution in [0.5, 0.6) is 5.75 Å². The highest BCUT2D eigenvalue weighted by Gasteiger charge is 2.36. The quantitative estimate of drug-likeness (QED) is 0.864. The summed E-state index contributed by atoms with van der Waals surface area (Å²) in [5.74, 6) is 0.130. The van der Waals surface area contributed by atoms with E-state index in [1.165, 1.54) is 18.3 Å². The van der Waals surface area contributed by atoms with Gasteiger partial charge in [0.15, 0.2) is 20.9 Å². The van der Waals surface area contributed by atoms with Crippen LogP contribution < -0.4 is 4.74 Å². The van der Waals surface area contributed by atoms with Crippen LogP contribution in [-0.2, 0) is 9.84 Å². The zero-order chi connectivity index (χ0) is 16.4. The number of sulfone groups is 1. The molecule has 0 bridgehead atoms. The van der Waals surface area contributed by atoms with Gasteiger partial charge >= 0.3 is 0 Å². The Kier molecular flexibility index (Phi) is 4.00. The SMILES string of the molecule is CCOc1ccc(S(=O)(=O)C2C=Nc3ccccc3C2=O)cc1. The predicted molar refractivity (Wildman–Crippen MR) is 87.5 cm³/mol. The molecule has 23 heavy (non-hydrogen) atoms. The van der Waals surface area contributed by atoms with Gasteiger partial charge < -0.3 is 4.74 Å².